The lowest BCUT2D eigenvalue weighted by Crippen LogP contribution is -2.41. The van der Waals surface area contributed by atoms with Crippen molar-refractivity contribution in [1.29, 1.82) is 0 Å². The minimum atomic E-state index is -0.458. The van der Waals surface area contributed by atoms with E-state index in [9.17, 15) is 4.79 Å². The molecular formula is C16H22N2O2S. The van der Waals surface area contributed by atoms with Crippen molar-refractivity contribution in [2.45, 2.75) is 25.9 Å². The summed E-state index contributed by atoms with van der Waals surface area (Å²) in [6, 6.07) is 9.79. The minimum absolute atomic E-state index is 0.0922. The molecule has 5 heteroatoms. The summed E-state index contributed by atoms with van der Waals surface area (Å²) in [7, 11) is 0. The first kappa shape index (κ1) is 15.9. The van der Waals surface area contributed by atoms with Crippen molar-refractivity contribution in [3.63, 3.8) is 0 Å². The number of carbonyl (C=O) groups is 1. The number of thiocarbonyl (C=S) groups is 1. The van der Waals surface area contributed by atoms with E-state index in [0.29, 0.717) is 18.9 Å². The normalized spacial score (nSPS) is 22.7. The molecule has 114 valence electrons. The smallest absolute Gasteiger partial charge is 0.230 e. The molecule has 4 nitrogen and oxygen atoms in total. The summed E-state index contributed by atoms with van der Waals surface area (Å²) in [5.74, 6) is -0.178. The lowest BCUT2D eigenvalue weighted by molar-refractivity contribution is -0.123. The van der Waals surface area contributed by atoms with Crippen molar-refractivity contribution in [2.24, 2.45) is 17.6 Å². The molecule has 0 spiro atoms. The van der Waals surface area contributed by atoms with E-state index in [1.807, 2.05) is 37.3 Å². The van der Waals surface area contributed by atoms with Crippen molar-refractivity contribution < 1.29 is 9.53 Å². The van der Waals surface area contributed by atoms with Gasteiger partial charge in [0.25, 0.3) is 0 Å². The van der Waals surface area contributed by atoms with Gasteiger partial charge in [0.1, 0.15) is 0 Å². The Bertz CT molecular complexity index is 492. The maximum Gasteiger partial charge on any atom is 0.230 e. The van der Waals surface area contributed by atoms with E-state index in [4.69, 9.17) is 22.7 Å². The predicted molar refractivity (Wildman–Crippen MR) is 87.0 cm³/mol. The standard InChI is InChI=1S/C16H22N2O2S/c1-11-13(7-8-20-11)10-18-16(19)14(15(17)21)9-12-5-3-2-4-6-12/h2-6,11,13-14H,7-10H2,1H3,(H2,17,21)(H,18,19). The highest BCUT2D eigenvalue weighted by Gasteiger charge is 2.27. The number of nitrogens with one attached hydrogen (secondary N) is 1. The maximum absolute atomic E-state index is 12.3. The zero-order chi connectivity index (χ0) is 15.2. The van der Waals surface area contributed by atoms with Crippen LogP contribution in [0.15, 0.2) is 30.3 Å². The van der Waals surface area contributed by atoms with Crippen LogP contribution in [0.5, 0.6) is 0 Å². The zero-order valence-electron chi connectivity index (χ0n) is 12.2. The Morgan fingerprint density at radius 1 is 1.48 bits per heavy atom. The van der Waals surface area contributed by atoms with Crippen molar-refractivity contribution in [3.05, 3.63) is 35.9 Å². The molecule has 1 fully saturated rings. The van der Waals surface area contributed by atoms with Gasteiger partial charge in [0, 0.05) is 19.1 Å². The molecule has 1 saturated heterocycles. The Balaban J connectivity index is 1.91. The van der Waals surface area contributed by atoms with E-state index in [1.54, 1.807) is 0 Å². The van der Waals surface area contributed by atoms with Gasteiger partial charge in [-0.1, -0.05) is 42.5 Å². The number of hydrogen-bond donors (Lipinski definition) is 2. The number of amides is 1. The highest BCUT2D eigenvalue weighted by atomic mass is 32.1. The van der Waals surface area contributed by atoms with E-state index >= 15 is 0 Å². The molecule has 0 radical (unpaired) electrons. The highest BCUT2D eigenvalue weighted by molar-refractivity contribution is 7.80. The van der Waals surface area contributed by atoms with Crippen LogP contribution in [0.2, 0.25) is 0 Å². The molecular weight excluding hydrogens is 284 g/mol. The third kappa shape index (κ3) is 4.51. The van der Waals surface area contributed by atoms with Gasteiger partial charge in [0.15, 0.2) is 0 Å². The topological polar surface area (TPSA) is 64.3 Å². The summed E-state index contributed by atoms with van der Waals surface area (Å²) < 4.78 is 5.50. The monoisotopic (exact) mass is 306 g/mol. The van der Waals surface area contributed by atoms with Gasteiger partial charge in [0.05, 0.1) is 17.0 Å². The van der Waals surface area contributed by atoms with Crippen molar-refractivity contribution in [3.8, 4) is 0 Å². The second-order valence-corrected chi connectivity index (χ2v) is 5.99. The van der Waals surface area contributed by atoms with Crippen LogP contribution in [-0.2, 0) is 16.0 Å². The quantitative estimate of drug-likeness (QED) is 0.785. The fourth-order valence-corrected chi connectivity index (χ4v) is 2.76. The largest absolute Gasteiger partial charge is 0.393 e. The third-order valence-electron chi connectivity index (χ3n) is 4.01. The average molecular weight is 306 g/mol. The van der Waals surface area contributed by atoms with E-state index in [2.05, 4.69) is 5.32 Å². The number of carbonyl (C=O) groups excluding carboxylic acids is 1. The van der Waals surface area contributed by atoms with Crippen LogP contribution in [0.25, 0.3) is 0 Å². The van der Waals surface area contributed by atoms with Gasteiger partial charge in [0.2, 0.25) is 5.91 Å². The zero-order valence-corrected chi connectivity index (χ0v) is 13.1. The number of nitrogens with two attached hydrogens (primary N) is 1. The van der Waals surface area contributed by atoms with Crippen LogP contribution in [0.1, 0.15) is 18.9 Å². The number of ether oxygens (including phenoxy) is 1. The molecule has 3 N–H and O–H groups in total. The Morgan fingerprint density at radius 2 is 2.19 bits per heavy atom. The Labute approximate surface area is 131 Å². The van der Waals surface area contributed by atoms with Crippen LogP contribution in [0.4, 0.5) is 0 Å². The van der Waals surface area contributed by atoms with Crippen LogP contribution in [0, 0.1) is 11.8 Å². The lowest BCUT2D eigenvalue weighted by Gasteiger charge is -2.19. The fraction of sp³-hybridized carbons (Fsp3) is 0.500. The molecule has 2 rings (SSSR count). The highest BCUT2D eigenvalue weighted by Crippen LogP contribution is 2.19. The Hall–Kier alpha value is -1.46. The van der Waals surface area contributed by atoms with Gasteiger partial charge < -0.3 is 15.8 Å². The molecule has 1 aromatic rings. The molecule has 3 atom stereocenters. The molecule has 21 heavy (non-hydrogen) atoms. The first-order chi connectivity index (χ1) is 10.1. The molecule has 1 aromatic carbocycles. The van der Waals surface area contributed by atoms with Crippen molar-refractivity contribution in [2.75, 3.05) is 13.2 Å². The second-order valence-electron chi connectivity index (χ2n) is 5.51. The summed E-state index contributed by atoms with van der Waals surface area (Å²) in [4.78, 5) is 12.6. The summed E-state index contributed by atoms with van der Waals surface area (Å²) in [6.07, 6.45) is 1.72. The number of hydrogen-bond acceptors (Lipinski definition) is 3. The first-order valence-electron chi connectivity index (χ1n) is 7.30. The van der Waals surface area contributed by atoms with Crippen molar-refractivity contribution in [1.82, 2.24) is 5.32 Å². The van der Waals surface area contributed by atoms with Crippen LogP contribution < -0.4 is 11.1 Å². The van der Waals surface area contributed by atoms with E-state index < -0.39 is 5.92 Å². The van der Waals surface area contributed by atoms with Crippen LogP contribution >= 0.6 is 12.2 Å². The van der Waals surface area contributed by atoms with Crippen LogP contribution in [-0.4, -0.2) is 30.2 Å². The SMILES string of the molecule is CC1OCCC1CNC(=O)C(Cc1ccccc1)C(N)=S. The summed E-state index contributed by atoms with van der Waals surface area (Å²) >= 11 is 5.06. The molecule has 0 aliphatic carbocycles. The van der Waals surface area contributed by atoms with Gasteiger partial charge in [-0.15, -0.1) is 0 Å². The van der Waals surface area contributed by atoms with Gasteiger partial charge in [-0.3, -0.25) is 4.79 Å². The molecule has 0 aromatic heterocycles. The first-order valence-corrected chi connectivity index (χ1v) is 7.71. The maximum atomic E-state index is 12.3. The molecule has 1 aliphatic rings. The molecule has 1 amide bonds. The fourth-order valence-electron chi connectivity index (χ4n) is 2.57. The average Bonchev–Trinajstić information content (AvgIpc) is 2.88. The number of rotatable bonds is 6. The van der Waals surface area contributed by atoms with Gasteiger partial charge in [-0.2, -0.15) is 0 Å². The summed E-state index contributed by atoms with van der Waals surface area (Å²) in [5, 5.41) is 2.97. The van der Waals surface area contributed by atoms with Gasteiger partial charge in [-0.05, 0) is 25.3 Å². The Kier molecular flexibility index (Phi) is 5.70. The van der Waals surface area contributed by atoms with Crippen LogP contribution in [0.3, 0.4) is 0 Å². The van der Waals surface area contributed by atoms with E-state index in [0.717, 1.165) is 18.6 Å². The second kappa shape index (κ2) is 7.52. The Morgan fingerprint density at radius 3 is 2.76 bits per heavy atom. The lowest BCUT2D eigenvalue weighted by atomic mass is 9.97. The van der Waals surface area contributed by atoms with Gasteiger partial charge in [-0.25, -0.2) is 0 Å². The van der Waals surface area contributed by atoms with E-state index in [-0.39, 0.29) is 17.0 Å². The van der Waals surface area contributed by atoms with E-state index in [1.165, 1.54) is 0 Å². The molecule has 0 bridgehead atoms. The summed E-state index contributed by atoms with van der Waals surface area (Å²) in [5.41, 5.74) is 6.80. The molecule has 1 heterocycles. The predicted octanol–water partition coefficient (Wildman–Crippen LogP) is 1.67. The molecule has 1 aliphatic heterocycles. The minimum Gasteiger partial charge on any atom is -0.393 e. The molecule has 0 saturated carbocycles. The summed E-state index contributed by atoms with van der Waals surface area (Å²) in [6.45, 7) is 3.43. The number of benzene rings is 1. The third-order valence-corrected chi connectivity index (χ3v) is 4.30. The van der Waals surface area contributed by atoms with Gasteiger partial charge >= 0.3 is 0 Å². The van der Waals surface area contributed by atoms with Crippen molar-refractivity contribution >= 4 is 23.1 Å². The molecule has 3 unspecified atom stereocenters.